The minimum Gasteiger partial charge on any atom is -0.505 e. The molecule has 0 bridgehead atoms. The highest BCUT2D eigenvalue weighted by atomic mass is 79.9. The Morgan fingerprint density at radius 1 is 0.642 bits per heavy atom. The third kappa shape index (κ3) is 14.4. The number of aromatic hydroxyl groups is 1. The maximum absolute atomic E-state index is 14.4. The normalized spacial score (nSPS) is 15.6. The van der Waals surface area contributed by atoms with Crippen LogP contribution in [0.5, 0.6) is 17.4 Å². The number of nitrogens with one attached hydrogen (secondary N) is 2. The molecule has 0 spiro atoms. The van der Waals surface area contributed by atoms with E-state index in [9.17, 15) is 27.2 Å². The van der Waals surface area contributed by atoms with E-state index in [0.29, 0.717) is 61.5 Å². The Labute approximate surface area is 474 Å². The van der Waals surface area contributed by atoms with Crippen molar-refractivity contribution in [2.75, 3.05) is 89.4 Å². The molecule has 12 rings (SSSR count). The number of hydrogen-bond acceptors (Lipinski definition) is 14. The summed E-state index contributed by atoms with van der Waals surface area (Å²) in [5, 5.41) is 24.6. The number of anilines is 2. The first-order valence-corrected chi connectivity index (χ1v) is 28.1. The lowest BCUT2D eigenvalue weighted by atomic mass is 9.98. The fraction of sp³-hybridized carbons (Fsp3) is 0.367. The summed E-state index contributed by atoms with van der Waals surface area (Å²) in [7, 11) is 0. The number of aryl methyl sites for hydroxylation is 2. The maximum Gasteiger partial charge on any atom is 0.239 e. The van der Waals surface area contributed by atoms with Gasteiger partial charge in [-0.15, -0.1) is 5.10 Å². The largest absolute Gasteiger partial charge is 0.505 e. The van der Waals surface area contributed by atoms with Gasteiger partial charge >= 0.3 is 0 Å². The Hall–Kier alpha value is -7.30. The monoisotopic (exact) mass is 1170 g/mol. The molecule has 4 aromatic heterocycles. The molecule has 3 N–H and O–H groups in total. The SMILES string of the molecule is Cc1cc(-c2cnc3c(NCCN4CCOCC4)cc(Br)nn23)ccc1C(=O)CC1CC1.Cc1cc(-c2cnc3c(NCCN4CCOCC4)cc(Oc4cccc(F)c4F)nn23)ccc1C(=O)CC1CC1.Oc1cccc(F)c1F. The molecule has 4 aliphatic rings. The average molecular weight is 1180 g/mol. The van der Waals surface area contributed by atoms with E-state index in [0.717, 1.165) is 145 Å². The Morgan fingerprint density at radius 2 is 1.12 bits per heavy atom. The number of hydrogen-bond donors (Lipinski definition) is 3. The minimum absolute atomic E-state index is 0.0816. The van der Waals surface area contributed by atoms with Crippen molar-refractivity contribution in [2.45, 2.75) is 52.4 Å². The number of carbonyl (C=O) groups excluding carboxylic acids is 2. The summed E-state index contributed by atoms with van der Waals surface area (Å²) in [4.78, 5) is 39.3. The number of fused-ring (bicyclic) bond motifs is 2. The van der Waals surface area contributed by atoms with Gasteiger partial charge in [0.1, 0.15) is 4.60 Å². The van der Waals surface area contributed by atoms with Crippen molar-refractivity contribution in [1.82, 2.24) is 39.0 Å². The van der Waals surface area contributed by atoms with Crippen molar-refractivity contribution in [2.24, 2.45) is 11.8 Å². The topological polar surface area (TPSA) is 173 Å². The molecule has 16 nitrogen and oxygen atoms in total. The van der Waals surface area contributed by atoms with Crippen molar-refractivity contribution in [3.8, 4) is 39.9 Å². The van der Waals surface area contributed by atoms with Gasteiger partial charge in [0.2, 0.25) is 11.7 Å². The lowest BCUT2D eigenvalue weighted by Crippen LogP contribution is -2.39. The minimum atomic E-state index is -1.20. The second-order valence-corrected chi connectivity index (χ2v) is 21.5. The van der Waals surface area contributed by atoms with Crippen LogP contribution < -0.4 is 15.4 Å². The molecule has 6 heterocycles. The van der Waals surface area contributed by atoms with Crippen molar-refractivity contribution in [1.29, 1.82) is 0 Å². The van der Waals surface area contributed by atoms with Gasteiger partial charge in [0.15, 0.2) is 51.8 Å². The van der Waals surface area contributed by atoms with Crippen LogP contribution in [0.4, 0.5) is 28.9 Å². The summed E-state index contributed by atoms with van der Waals surface area (Å²) in [5.41, 5.74) is 9.81. The van der Waals surface area contributed by atoms with E-state index in [1.54, 1.807) is 16.8 Å². The summed E-state index contributed by atoms with van der Waals surface area (Å²) in [6.07, 6.45) is 9.46. The molecule has 2 aliphatic carbocycles. The molecule has 0 unspecified atom stereocenters. The molecule has 0 amide bonds. The predicted octanol–water partition coefficient (Wildman–Crippen LogP) is 11.4. The van der Waals surface area contributed by atoms with Crippen LogP contribution in [-0.2, 0) is 9.47 Å². The smallest absolute Gasteiger partial charge is 0.239 e. The van der Waals surface area contributed by atoms with E-state index in [1.807, 2.05) is 61.0 Å². The molecule has 2 saturated heterocycles. The highest BCUT2D eigenvalue weighted by molar-refractivity contribution is 9.10. The van der Waals surface area contributed by atoms with Gasteiger partial charge in [-0.25, -0.2) is 27.8 Å². The van der Waals surface area contributed by atoms with Gasteiger partial charge in [-0.3, -0.25) is 19.4 Å². The number of morpholine rings is 2. The number of benzene rings is 4. The van der Waals surface area contributed by atoms with Crippen LogP contribution in [0.15, 0.2) is 102 Å². The number of ether oxygens (including phenoxy) is 3. The second-order valence-electron chi connectivity index (χ2n) is 20.7. The van der Waals surface area contributed by atoms with Crippen LogP contribution in [-0.4, -0.2) is 134 Å². The standard InChI is InChI=1S/C30H31F2N5O3.C24H28BrN5O2.C6H4F2O/c1-19-15-21(7-8-22(19)26(38)16-20-5-6-20)25-18-34-30-24(33-9-10-36-11-13-39-14-12-36)17-28(35-37(25)30)40-27-4-2-3-23(31)29(27)32;1-16-12-18(4-5-19(16)22(31)13-17-2-3-17)21-15-27-24-20(14-23(25)28-30(21)24)26-6-7-29-8-10-32-11-9-29;7-4-2-1-3-5(9)6(4)8/h2-4,7-8,15,17-18,20,33H,5-6,9-14,16H2,1H3;4-5,12,14-15,17,26H,2-3,6-11,13H2,1H3;1-3,9H. The van der Waals surface area contributed by atoms with E-state index >= 15 is 0 Å². The molecule has 424 valence electrons. The first-order chi connectivity index (χ1) is 39.3. The van der Waals surface area contributed by atoms with Crippen LogP contribution in [0.25, 0.3) is 33.8 Å². The van der Waals surface area contributed by atoms with Gasteiger partial charge in [0, 0.05) is 93.5 Å². The highest BCUT2D eigenvalue weighted by Crippen LogP contribution is 2.37. The quantitative estimate of drug-likeness (QED) is 0.0547. The van der Waals surface area contributed by atoms with E-state index in [2.05, 4.69) is 62.6 Å². The van der Waals surface area contributed by atoms with Crippen molar-refractivity contribution < 1.29 is 46.5 Å². The molecule has 21 heteroatoms. The first kappa shape index (κ1) is 57.0. The Morgan fingerprint density at radius 3 is 1.60 bits per heavy atom. The van der Waals surface area contributed by atoms with Crippen LogP contribution in [0.1, 0.15) is 70.4 Å². The number of aromatic nitrogens is 6. The number of carbonyl (C=O) groups is 2. The summed E-state index contributed by atoms with van der Waals surface area (Å²) in [5.74, 6) is -3.62. The Bertz CT molecular complexity index is 3520. The molecule has 0 atom stereocenters. The zero-order valence-electron chi connectivity index (χ0n) is 45.1. The lowest BCUT2D eigenvalue weighted by Gasteiger charge is -2.26. The van der Waals surface area contributed by atoms with E-state index in [-0.39, 0.29) is 23.2 Å². The van der Waals surface area contributed by atoms with Gasteiger partial charge in [-0.1, -0.05) is 36.4 Å². The van der Waals surface area contributed by atoms with E-state index in [1.165, 1.54) is 31.0 Å². The fourth-order valence-electron chi connectivity index (χ4n) is 9.76. The fourth-order valence-corrected chi connectivity index (χ4v) is 10.2. The molecular formula is C60H63BrF4N10O6. The summed E-state index contributed by atoms with van der Waals surface area (Å²) >= 11 is 3.55. The van der Waals surface area contributed by atoms with Gasteiger partial charge in [0.25, 0.3) is 0 Å². The molecule has 0 radical (unpaired) electrons. The number of ketones is 2. The zero-order valence-corrected chi connectivity index (χ0v) is 46.7. The Balaban J connectivity index is 0.000000160. The van der Waals surface area contributed by atoms with Gasteiger partial charge < -0.3 is 30.0 Å². The van der Waals surface area contributed by atoms with E-state index in [4.69, 9.17) is 19.3 Å². The Kier molecular flexibility index (Phi) is 18.3. The average Bonchev–Trinajstić information content (AvgIpc) is 4.54. The van der Waals surface area contributed by atoms with Gasteiger partial charge in [-0.2, -0.15) is 13.9 Å². The number of Topliss-reactive ketones (excluding diaryl/α,β-unsaturated/α-hetero) is 2. The molecule has 2 aliphatic heterocycles. The number of halogens is 5. The third-order valence-electron chi connectivity index (χ3n) is 14.6. The lowest BCUT2D eigenvalue weighted by molar-refractivity contribution is 0.0398. The van der Waals surface area contributed by atoms with Crippen LogP contribution >= 0.6 is 15.9 Å². The molecule has 81 heavy (non-hydrogen) atoms. The molecule has 2 saturated carbocycles. The van der Waals surface area contributed by atoms with Gasteiger partial charge in [0.05, 0.1) is 61.6 Å². The number of imidazole rings is 2. The summed E-state index contributed by atoms with van der Waals surface area (Å²) in [6.45, 7) is 13.9. The van der Waals surface area contributed by atoms with Crippen LogP contribution in [0, 0.1) is 49.0 Å². The van der Waals surface area contributed by atoms with Crippen molar-refractivity contribution >= 4 is 50.2 Å². The first-order valence-electron chi connectivity index (χ1n) is 27.3. The number of phenols is 1. The van der Waals surface area contributed by atoms with E-state index < -0.39 is 29.0 Å². The number of phenolic OH excluding ortho intramolecular Hbond substituents is 1. The van der Waals surface area contributed by atoms with Gasteiger partial charge in [-0.05, 0) is 121 Å². The second kappa shape index (κ2) is 26.1. The molecule has 4 aromatic carbocycles. The number of nitrogens with zero attached hydrogens (tertiary/aromatic N) is 8. The van der Waals surface area contributed by atoms with Crippen LogP contribution in [0.2, 0.25) is 0 Å². The molecule has 8 aromatic rings. The summed E-state index contributed by atoms with van der Waals surface area (Å²) < 4.78 is 73.2. The van der Waals surface area contributed by atoms with Crippen molar-refractivity contribution in [3.05, 3.63) is 147 Å². The van der Waals surface area contributed by atoms with Crippen LogP contribution in [0.3, 0.4) is 0 Å². The maximum atomic E-state index is 14.4. The predicted molar refractivity (Wildman–Crippen MR) is 303 cm³/mol. The molecule has 4 fully saturated rings. The van der Waals surface area contributed by atoms with Crippen molar-refractivity contribution in [3.63, 3.8) is 0 Å². The zero-order chi connectivity index (χ0) is 56.6. The highest BCUT2D eigenvalue weighted by Gasteiger charge is 2.27. The number of rotatable bonds is 18. The third-order valence-corrected chi connectivity index (χ3v) is 15.0. The summed E-state index contributed by atoms with van der Waals surface area (Å²) in [6, 6.07) is 22.4. The molecular weight excluding hydrogens is 1110 g/mol.